The summed E-state index contributed by atoms with van der Waals surface area (Å²) < 4.78 is -1.26. The number of carbonyl (C=O) groups is 2. The molecule has 0 spiro atoms. The van der Waals surface area contributed by atoms with Gasteiger partial charge >= 0.3 is 0 Å². The van der Waals surface area contributed by atoms with Crippen molar-refractivity contribution >= 4 is 46.6 Å². The fourth-order valence-electron chi connectivity index (χ4n) is 2.12. The lowest BCUT2D eigenvalue weighted by Crippen LogP contribution is -2.49. The summed E-state index contributed by atoms with van der Waals surface area (Å²) in [6.45, 7) is 1.61. The number of carbonyl (C=O) groups excluding carboxylic acids is 2. The van der Waals surface area contributed by atoms with Gasteiger partial charge in [0.25, 0.3) is 0 Å². The number of hydrogen-bond acceptors (Lipinski definition) is 3. The number of benzene rings is 2. The quantitative estimate of drug-likeness (QED) is 0.823. The highest BCUT2D eigenvalue weighted by Crippen LogP contribution is 2.42. The summed E-state index contributed by atoms with van der Waals surface area (Å²) in [6.07, 6.45) is 0. The van der Waals surface area contributed by atoms with Gasteiger partial charge in [0.05, 0.1) is 16.4 Å². The Bertz CT molecular complexity index is 765. The summed E-state index contributed by atoms with van der Waals surface area (Å²) in [4.78, 5) is 25.8. The van der Waals surface area contributed by atoms with Gasteiger partial charge in [0.2, 0.25) is 11.8 Å². The van der Waals surface area contributed by atoms with E-state index >= 15 is 0 Å². The van der Waals surface area contributed by atoms with Crippen LogP contribution in [-0.4, -0.2) is 16.6 Å². The topological polar surface area (TPSA) is 58.2 Å². The number of hydrogen-bond donors (Lipinski definition) is 2. The molecule has 6 heteroatoms. The zero-order chi connectivity index (χ0) is 15.7. The van der Waals surface area contributed by atoms with Crippen LogP contribution in [0.25, 0.3) is 0 Å². The molecule has 3 rings (SSSR count). The molecule has 112 valence electrons. The molecule has 2 aromatic rings. The maximum Gasteiger partial charge on any atom is 0.250 e. The molecular weight excluding hydrogens is 320 g/mol. The van der Waals surface area contributed by atoms with Gasteiger partial charge in [-0.3, -0.25) is 9.59 Å². The van der Waals surface area contributed by atoms with Crippen molar-refractivity contribution in [2.75, 3.05) is 10.6 Å². The van der Waals surface area contributed by atoms with Crippen molar-refractivity contribution < 1.29 is 9.59 Å². The van der Waals surface area contributed by atoms with Crippen molar-refractivity contribution in [1.29, 1.82) is 0 Å². The number of anilines is 2. The molecule has 1 aliphatic heterocycles. The van der Waals surface area contributed by atoms with E-state index in [-0.39, 0.29) is 5.91 Å². The Morgan fingerprint density at radius 1 is 1.18 bits per heavy atom. The smallest absolute Gasteiger partial charge is 0.250 e. The van der Waals surface area contributed by atoms with Crippen molar-refractivity contribution in [2.24, 2.45) is 0 Å². The summed E-state index contributed by atoms with van der Waals surface area (Å²) >= 11 is 7.28. The van der Waals surface area contributed by atoms with Crippen LogP contribution >= 0.6 is 23.4 Å². The molecule has 0 saturated carbocycles. The molecule has 1 heterocycles. The third kappa shape index (κ3) is 2.58. The zero-order valence-electron chi connectivity index (χ0n) is 11.7. The monoisotopic (exact) mass is 332 g/mol. The van der Waals surface area contributed by atoms with Crippen LogP contribution in [0.1, 0.15) is 6.92 Å². The molecule has 0 radical (unpaired) electrons. The normalized spacial score (nSPS) is 20.0. The molecule has 2 N–H and O–H groups in total. The average molecular weight is 333 g/mol. The zero-order valence-corrected chi connectivity index (χ0v) is 13.3. The summed E-state index contributed by atoms with van der Waals surface area (Å²) in [5.74, 6) is -0.752. The van der Waals surface area contributed by atoms with Crippen LogP contribution < -0.4 is 10.6 Å². The molecule has 22 heavy (non-hydrogen) atoms. The van der Waals surface area contributed by atoms with Gasteiger partial charge in [-0.05, 0) is 31.2 Å². The van der Waals surface area contributed by atoms with Crippen LogP contribution in [-0.2, 0) is 9.59 Å². The Kier molecular flexibility index (Phi) is 3.85. The largest absolute Gasteiger partial charge is 0.323 e. The van der Waals surface area contributed by atoms with E-state index in [9.17, 15) is 9.59 Å². The molecule has 2 amide bonds. The Labute approximate surface area is 137 Å². The highest BCUT2D eigenvalue weighted by Gasteiger charge is 2.45. The Hall–Kier alpha value is -1.98. The van der Waals surface area contributed by atoms with Crippen molar-refractivity contribution in [2.45, 2.75) is 16.6 Å². The van der Waals surface area contributed by atoms with Crippen molar-refractivity contribution in [3.05, 3.63) is 53.6 Å². The maximum absolute atomic E-state index is 12.6. The van der Waals surface area contributed by atoms with Crippen LogP contribution in [0.15, 0.2) is 53.4 Å². The third-order valence-corrected chi connectivity index (χ3v) is 5.12. The van der Waals surface area contributed by atoms with Crippen molar-refractivity contribution in [3.63, 3.8) is 0 Å². The number of fused-ring (bicyclic) bond motifs is 1. The number of halogens is 1. The summed E-state index contributed by atoms with van der Waals surface area (Å²) in [5, 5.41) is 5.94. The summed E-state index contributed by atoms with van der Waals surface area (Å²) in [7, 11) is 0. The number of thioether (sulfide) groups is 1. The van der Waals surface area contributed by atoms with E-state index in [2.05, 4.69) is 10.6 Å². The van der Waals surface area contributed by atoms with Gasteiger partial charge in [-0.2, -0.15) is 0 Å². The number of nitrogens with one attached hydrogen (secondary N) is 2. The minimum absolute atomic E-state index is 0.347. The molecular formula is C16H13ClN2O2S. The Balaban J connectivity index is 1.89. The van der Waals surface area contributed by atoms with E-state index in [1.165, 1.54) is 11.8 Å². The van der Waals surface area contributed by atoms with Crippen molar-refractivity contribution in [3.8, 4) is 0 Å². The third-order valence-electron chi connectivity index (χ3n) is 3.44. The second-order valence-electron chi connectivity index (χ2n) is 5.02. The predicted molar refractivity (Wildman–Crippen MR) is 89.4 cm³/mol. The molecule has 0 aromatic heterocycles. The molecule has 4 nitrogen and oxygen atoms in total. The first-order valence-corrected chi connectivity index (χ1v) is 7.85. The van der Waals surface area contributed by atoms with Crippen LogP contribution in [0, 0.1) is 0 Å². The summed E-state index contributed by atoms with van der Waals surface area (Å²) in [6, 6.07) is 14.3. The minimum Gasteiger partial charge on any atom is -0.323 e. The molecule has 0 bridgehead atoms. The van der Waals surface area contributed by atoms with Crippen LogP contribution in [0.3, 0.4) is 0 Å². The van der Waals surface area contributed by atoms with Gasteiger partial charge in [-0.25, -0.2) is 0 Å². The molecule has 1 atom stereocenters. The fraction of sp³-hybridized carbons (Fsp3) is 0.125. The van der Waals surface area contributed by atoms with Crippen molar-refractivity contribution in [1.82, 2.24) is 0 Å². The van der Waals surface area contributed by atoms with E-state index in [4.69, 9.17) is 11.6 Å². The van der Waals surface area contributed by atoms with Crippen LogP contribution in [0.5, 0.6) is 0 Å². The van der Waals surface area contributed by atoms with Crippen LogP contribution in [0.2, 0.25) is 5.02 Å². The molecule has 0 aliphatic carbocycles. The van der Waals surface area contributed by atoms with Gasteiger partial charge in [-0.15, -0.1) is 0 Å². The predicted octanol–water partition coefficient (Wildman–Crippen LogP) is 3.78. The number of amides is 2. The summed E-state index contributed by atoms with van der Waals surface area (Å²) in [5.41, 5.74) is 1.21. The first-order chi connectivity index (χ1) is 10.5. The van der Waals surface area contributed by atoms with E-state index in [0.717, 1.165) is 10.6 Å². The van der Waals surface area contributed by atoms with Gasteiger partial charge in [0, 0.05) is 4.90 Å². The van der Waals surface area contributed by atoms with Gasteiger partial charge in [-0.1, -0.05) is 47.6 Å². The average Bonchev–Trinajstić information content (AvgIpc) is 2.50. The first-order valence-electron chi connectivity index (χ1n) is 6.66. The molecule has 2 aromatic carbocycles. The molecule has 1 unspecified atom stereocenters. The lowest BCUT2D eigenvalue weighted by Gasteiger charge is -2.31. The second-order valence-corrected chi connectivity index (χ2v) is 6.89. The lowest BCUT2D eigenvalue weighted by molar-refractivity contribution is -0.126. The second kappa shape index (κ2) is 5.66. The standard InChI is InChI=1S/C16H13ClN2O2S/c1-16(14(20)18-11-7-3-2-6-10(11)17)15(21)19-12-8-4-5-9-13(12)22-16/h2-9H,1H3,(H,18,20)(H,19,21). The van der Waals surface area contributed by atoms with E-state index < -0.39 is 10.7 Å². The van der Waals surface area contributed by atoms with Crippen LogP contribution in [0.4, 0.5) is 11.4 Å². The fourth-order valence-corrected chi connectivity index (χ4v) is 3.41. The maximum atomic E-state index is 12.6. The van der Waals surface area contributed by atoms with Gasteiger partial charge in [0.15, 0.2) is 4.75 Å². The number of para-hydroxylation sites is 2. The highest BCUT2D eigenvalue weighted by molar-refractivity contribution is 8.02. The SMILES string of the molecule is CC1(C(=O)Nc2ccccc2Cl)Sc2ccccc2NC1=O. The van der Waals surface area contributed by atoms with Gasteiger partial charge in [0.1, 0.15) is 0 Å². The number of rotatable bonds is 2. The lowest BCUT2D eigenvalue weighted by atomic mass is 10.1. The van der Waals surface area contributed by atoms with E-state index in [1.807, 2.05) is 24.3 Å². The minimum atomic E-state index is -1.26. The highest BCUT2D eigenvalue weighted by atomic mass is 35.5. The van der Waals surface area contributed by atoms with E-state index in [1.54, 1.807) is 31.2 Å². The van der Waals surface area contributed by atoms with E-state index in [0.29, 0.717) is 10.7 Å². The Morgan fingerprint density at radius 2 is 1.86 bits per heavy atom. The molecule has 0 fully saturated rings. The first kappa shape index (κ1) is 14.9. The van der Waals surface area contributed by atoms with Gasteiger partial charge < -0.3 is 10.6 Å². The molecule has 0 saturated heterocycles. The Morgan fingerprint density at radius 3 is 2.64 bits per heavy atom. The molecule has 1 aliphatic rings.